The van der Waals surface area contributed by atoms with Gasteiger partial charge in [0.1, 0.15) is 0 Å². The number of fused-ring (bicyclic) bond motifs is 3. The number of carbonyl (C=O) groups is 1. The molecule has 4 rings (SSSR count). The number of halogens is 2. The van der Waals surface area contributed by atoms with Gasteiger partial charge in [-0.25, -0.2) is 0 Å². The molecule has 0 atom stereocenters. The van der Waals surface area contributed by atoms with Crippen LogP contribution in [0, 0.1) is 5.92 Å². The quantitative estimate of drug-likeness (QED) is 0.364. The summed E-state index contributed by atoms with van der Waals surface area (Å²) in [5.41, 5.74) is 1.14. The second kappa shape index (κ2) is 9.52. The molecule has 0 aliphatic heterocycles. The number of rotatable bonds is 7. The molecule has 32 heavy (non-hydrogen) atoms. The molecule has 0 aliphatic rings. The van der Waals surface area contributed by atoms with E-state index in [0.717, 1.165) is 6.42 Å². The van der Waals surface area contributed by atoms with E-state index in [1.54, 1.807) is 28.8 Å². The first-order chi connectivity index (χ1) is 15.3. The summed E-state index contributed by atoms with van der Waals surface area (Å²) in [4.78, 5) is 25.6. The van der Waals surface area contributed by atoms with Crippen molar-refractivity contribution in [2.45, 2.75) is 32.0 Å². The van der Waals surface area contributed by atoms with E-state index in [-0.39, 0.29) is 17.2 Å². The average molecular weight is 490 g/mol. The van der Waals surface area contributed by atoms with Crippen LogP contribution in [0.5, 0.6) is 0 Å². The Hall–Kier alpha value is -2.55. The Morgan fingerprint density at radius 1 is 1.12 bits per heavy atom. The summed E-state index contributed by atoms with van der Waals surface area (Å²) in [6, 6.07) is 12.2. The molecule has 0 saturated carbocycles. The van der Waals surface area contributed by atoms with Crippen LogP contribution in [0.3, 0.4) is 0 Å². The minimum Gasteiger partial charge on any atom is -0.325 e. The Morgan fingerprint density at radius 2 is 1.84 bits per heavy atom. The summed E-state index contributed by atoms with van der Waals surface area (Å²) in [5.74, 6) is 0.778. The third-order valence-corrected chi connectivity index (χ3v) is 6.25. The maximum Gasteiger partial charge on any atom is 0.262 e. The molecule has 0 bridgehead atoms. The molecule has 1 amide bonds. The highest BCUT2D eigenvalue weighted by atomic mass is 35.5. The predicted octanol–water partition coefficient (Wildman–Crippen LogP) is 5.13. The van der Waals surface area contributed by atoms with Gasteiger partial charge in [0.05, 0.1) is 16.7 Å². The van der Waals surface area contributed by atoms with E-state index >= 15 is 0 Å². The molecule has 7 nitrogen and oxygen atoms in total. The number of anilines is 1. The van der Waals surface area contributed by atoms with Crippen LogP contribution in [0.2, 0.25) is 10.0 Å². The van der Waals surface area contributed by atoms with Crippen LogP contribution >= 0.6 is 35.0 Å². The maximum absolute atomic E-state index is 13.1. The Labute approximate surface area is 198 Å². The van der Waals surface area contributed by atoms with Gasteiger partial charge >= 0.3 is 0 Å². The number of aromatic nitrogens is 4. The summed E-state index contributed by atoms with van der Waals surface area (Å²) in [6.07, 6.45) is 0.841. The first-order valence-corrected chi connectivity index (χ1v) is 11.8. The van der Waals surface area contributed by atoms with Gasteiger partial charge in [-0.1, -0.05) is 60.9 Å². The molecular weight excluding hydrogens is 469 g/mol. The van der Waals surface area contributed by atoms with E-state index < -0.39 is 0 Å². The minimum atomic E-state index is -0.234. The number of aryl methyl sites for hydroxylation is 1. The van der Waals surface area contributed by atoms with Crippen molar-refractivity contribution in [3.63, 3.8) is 0 Å². The fourth-order valence-electron chi connectivity index (χ4n) is 3.37. The number of hydrogen-bond donors (Lipinski definition) is 1. The number of nitrogens with one attached hydrogen (secondary N) is 1. The molecular formula is C22H21Cl2N5O2S. The normalized spacial score (nSPS) is 11.5. The van der Waals surface area contributed by atoms with Crippen LogP contribution in [0.15, 0.2) is 52.4 Å². The van der Waals surface area contributed by atoms with Crippen LogP contribution < -0.4 is 10.9 Å². The number of amides is 1. The molecule has 4 aromatic rings. The van der Waals surface area contributed by atoms with E-state index in [4.69, 9.17) is 23.2 Å². The number of thioether (sulfide) groups is 1. The highest BCUT2D eigenvalue weighted by molar-refractivity contribution is 7.99. The van der Waals surface area contributed by atoms with Crippen LogP contribution in [0.4, 0.5) is 5.69 Å². The molecule has 0 saturated heterocycles. The van der Waals surface area contributed by atoms with Gasteiger partial charge in [0.2, 0.25) is 11.7 Å². The van der Waals surface area contributed by atoms with Crippen molar-refractivity contribution >= 4 is 63.2 Å². The van der Waals surface area contributed by atoms with Gasteiger partial charge in [-0.2, -0.15) is 0 Å². The Bertz CT molecular complexity index is 1350. The summed E-state index contributed by atoms with van der Waals surface area (Å²) in [5, 5.41) is 13.3. The first kappa shape index (κ1) is 22.6. The molecule has 2 aromatic heterocycles. The Balaban J connectivity index is 1.64. The average Bonchev–Trinajstić information content (AvgIpc) is 3.15. The largest absolute Gasteiger partial charge is 0.325 e. The van der Waals surface area contributed by atoms with E-state index in [1.807, 2.05) is 22.6 Å². The fourth-order valence-corrected chi connectivity index (χ4v) is 4.64. The minimum absolute atomic E-state index is 0.0896. The molecule has 0 spiro atoms. The standard InChI is InChI=1S/C22H21Cl2N5O2S/c1-13(2)7-8-28-20(31)17-5-3-4-6-18(17)29-21(28)26-27-22(29)32-12-19(30)25-16-10-14(23)9-15(24)11-16/h3-6,9-11,13H,7-8,12H2,1-2H3,(H,25,30). The molecule has 10 heteroatoms. The number of nitrogens with zero attached hydrogens (tertiary/aromatic N) is 4. The zero-order valence-electron chi connectivity index (χ0n) is 17.5. The SMILES string of the molecule is CC(C)CCn1c(=O)c2ccccc2n2c(SCC(=O)Nc3cc(Cl)cc(Cl)c3)nnc12. The summed E-state index contributed by atoms with van der Waals surface area (Å²) in [6.45, 7) is 4.77. The number of hydrogen-bond acceptors (Lipinski definition) is 5. The van der Waals surface area contributed by atoms with Crippen LogP contribution in [0.1, 0.15) is 20.3 Å². The monoisotopic (exact) mass is 489 g/mol. The van der Waals surface area contributed by atoms with Crippen molar-refractivity contribution in [1.29, 1.82) is 0 Å². The van der Waals surface area contributed by atoms with Crippen molar-refractivity contribution in [1.82, 2.24) is 19.2 Å². The van der Waals surface area contributed by atoms with Gasteiger partial charge in [0, 0.05) is 22.3 Å². The molecule has 2 aromatic carbocycles. The lowest BCUT2D eigenvalue weighted by molar-refractivity contribution is -0.113. The van der Waals surface area contributed by atoms with Gasteiger partial charge in [0.25, 0.3) is 5.56 Å². The highest BCUT2D eigenvalue weighted by Crippen LogP contribution is 2.24. The third-order valence-electron chi connectivity index (χ3n) is 4.89. The number of para-hydroxylation sites is 1. The smallest absolute Gasteiger partial charge is 0.262 e. The second-order valence-electron chi connectivity index (χ2n) is 7.77. The molecule has 166 valence electrons. The van der Waals surface area contributed by atoms with Crippen molar-refractivity contribution < 1.29 is 4.79 Å². The zero-order valence-corrected chi connectivity index (χ0v) is 19.8. The van der Waals surface area contributed by atoms with Crippen LogP contribution in [-0.2, 0) is 11.3 Å². The molecule has 0 aliphatic carbocycles. The van der Waals surface area contributed by atoms with Crippen molar-refractivity contribution in [2.24, 2.45) is 5.92 Å². The number of carbonyl (C=O) groups excluding carboxylic acids is 1. The van der Waals surface area contributed by atoms with E-state index in [2.05, 4.69) is 29.4 Å². The molecule has 1 N–H and O–H groups in total. The lowest BCUT2D eigenvalue weighted by atomic mass is 10.1. The zero-order chi connectivity index (χ0) is 22.8. The Morgan fingerprint density at radius 3 is 2.56 bits per heavy atom. The fraction of sp³-hybridized carbons (Fsp3) is 0.273. The van der Waals surface area contributed by atoms with Gasteiger partial charge < -0.3 is 5.32 Å². The van der Waals surface area contributed by atoms with Gasteiger partial charge in [-0.05, 0) is 42.7 Å². The lowest BCUT2D eigenvalue weighted by Gasteiger charge is -2.12. The van der Waals surface area contributed by atoms with E-state index in [1.165, 1.54) is 11.8 Å². The van der Waals surface area contributed by atoms with E-state index in [0.29, 0.717) is 50.0 Å². The first-order valence-electron chi connectivity index (χ1n) is 10.1. The second-order valence-corrected chi connectivity index (χ2v) is 9.58. The summed E-state index contributed by atoms with van der Waals surface area (Å²) >= 11 is 13.2. The van der Waals surface area contributed by atoms with Crippen molar-refractivity contribution in [2.75, 3.05) is 11.1 Å². The van der Waals surface area contributed by atoms with Crippen molar-refractivity contribution in [3.8, 4) is 0 Å². The molecule has 2 heterocycles. The highest BCUT2D eigenvalue weighted by Gasteiger charge is 2.18. The summed E-state index contributed by atoms with van der Waals surface area (Å²) in [7, 11) is 0. The molecule has 0 unspecified atom stereocenters. The third kappa shape index (κ3) is 4.77. The van der Waals surface area contributed by atoms with Gasteiger partial charge in [0.15, 0.2) is 5.16 Å². The molecule has 0 radical (unpaired) electrons. The van der Waals surface area contributed by atoms with Gasteiger partial charge in [-0.15, -0.1) is 10.2 Å². The topological polar surface area (TPSA) is 81.3 Å². The molecule has 0 fully saturated rings. The van der Waals surface area contributed by atoms with Gasteiger partial charge in [-0.3, -0.25) is 18.6 Å². The van der Waals surface area contributed by atoms with Crippen LogP contribution in [0.25, 0.3) is 16.7 Å². The van der Waals surface area contributed by atoms with Crippen LogP contribution in [-0.4, -0.2) is 30.8 Å². The van der Waals surface area contributed by atoms with E-state index in [9.17, 15) is 9.59 Å². The lowest BCUT2D eigenvalue weighted by Crippen LogP contribution is -2.24. The number of benzene rings is 2. The summed E-state index contributed by atoms with van der Waals surface area (Å²) < 4.78 is 3.50. The Kier molecular flexibility index (Phi) is 6.74. The van der Waals surface area contributed by atoms with Crippen molar-refractivity contribution in [3.05, 3.63) is 62.9 Å². The maximum atomic E-state index is 13.1. The predicted molar refractivity (Wildman–Crippen MR) is 130 cm³/mol.